The van der Waals surface area contributed by atoms with Gasteiger partial charge >= 0.3 is 0 Å². The molecule has 0 saturated carbocycles. The summed E-state index contributed by atoms with van der Waals surface area (Å²) in [7, 11) is 1.60. The first kappa shape index (κ1) is 14.7. The van der Waals surface area contributed by atoms with Crippen LogP contribution in [-0.4, -0.2) is 22.2 Å². The van der Waals surface area contributed by atoms with Crippen LogP contribution in [0.1, 0.15) is 24.7 Å². The van der Waals surface area contributed by atoms with Crippen molar-refractivity contribution in [1.82, 2.24) is 15.1 Å². The number of hydrogen-bond acceptors (Lipinski definition) is 7. The van der Waals surface area contributed by atoms with Crippen LogP contribution < -0.4 is 4.74 Å². The quantitative estimate of drug-likeness (QED) is 0.693. The standard InChI is InChI=1S/C15H15N3O3S/c1-10(19-2)14-17-13(21-18-14)9-20-12-6-4-3-5-11(12)15-16-7-8-22-15/h3-8,10H,9H2,1-2H3/t10-/m0/s1. The molecule has 114 valence electrons. The average molecular weight is 317 g/mol. The zero-order valence-electron chi connectivity index (χ0n) is 12.2. The molecule has 3 aromatic rings. The summed E-state index contributed by atoms with van der Waals surface area (Å²) in [5, 5.41) is 6.72. The number of para-hydroxylation sites is 1. The first-order valence-electron chi connectivity index (χ1n) is 6.75. The minimum absolute atomic E-state index is 0.200. The summed E-state index contributed by atoms with van der Waals surface area (Å²) in [6.07, 6.45) is 1.56. The largest absolute Gasteiger partial charge is 0.483 e. The number of rotatable bonds is 6. The highest BCUT2D eigenvalue weighted by atomic mass is 32.1. The number of methoxy groups -OCH3 is 1. The van der Waals surface area contributed by atoms with Crippen LogP contribution in [-0.2, 0) is 11.3 Å². The Morgan fingerprint density at radius 1 is 1.32 bits per heavy atom. The van der Waals surface area contributed by atoms with E-state index in [1.54, 1.807) is 24.6 Å². The first-order chi connectivity index (χ1) is 10.8. The molecule has 0 aliphatic rings. The summed E-state index contributed by atoms with van der Waals surface area (Å²) in [6.45, 7) is 2.05. The van der Waals surface area contributed by atoms with Crippen molar-refractivity contribution in [1.29, 1.82) is 0 Å². The molecule has 3 rings (SSSR count). The monoisotopic (exact) mass is 317 g/mol. The number of thiazole rings is 1. The predicted molar refractivity (Wildman–Crippen MR) is 81.6 cm³/mol. The summed E-state index contributed by atoms with van der Waals surface area (Å²) in [5.74, 6) is 1.65. The van der Waals surface area contributed by atoms with Crippen LogP contribution in [0.25, 0.3) is 10.6 Å². The molecule has 0 radical (unpaired) electrons. The van der Waals surface area contributed by atoms with Crippen molar-refractivity contribution in [2.24, 2.45) is 0 Å². The van der Waals surface area contributed by atoms with E-state index >= 15 is 0 Å². The maximum atomic E-state index is 5.80. The third-order valence-corrected chi connectivity index (χ3v) is 3.91. The summed E-state index contributed by atoms with van der Waals surface area (Å²) in [5.41, 5.74) is 0.947. The third kappa shape index (κ3) is 3.15. The van der Waals surface area contributed by atoms with Gasteiger partial charge in [0.05, 0.1) is 5.56 Å². The van der Waals surface area contributed by atoms with Crippen LogP contribution in [0, 0.1) is 0 Å². The van der Waals surface area contributed by atoms with E-state index in [4.69, 9.17) is 14.0 Å². The van der Waals surface area contributed by atoms with Crippen molar-refractivity contribution in [3.05, 3.63) is 47.6 Å². The zero-order valence-corrected chi connectivity index (χ0v) is 13.0. The Kier molecular flexibility index (Phi) is 4.45. The molecule has 0 aliphatic carbocycles. The number of hydrogen-bond donors (Lipinski definition) is 0. The summed E-state index contributed by atoms with van der Waals surface area (Å²) >= 11 is 1.56. The molecule has 22 heavy (non-hydrogen) atoms. The number of benzene rings is 1. The lowest BCUT2D eigenvalue weighted by Gasteiger charge is -2.07. The van der Waals surface area contributed by atoms with Crippen molar-refractivity contribution in [3.63, 3.8) is 0 Å². The topological polar surface area (TPSA) is 70.3 Å². The highest BCUT2D eigenvalue weighted by Gasteiger charge is 2.14. The van der Waals surface area contributed by atoms with Crippen LogP contribution >= 0.6 is 11.3 Å². The molecular formula is C15H15N3O3S. The van der Waals surface area contributed by atoms with Gasteiger partial charge in [-0.3, -0.25) is 0 Å². The van der Waals surface area contributed by atoms with Crippen molar-refractivity contribution in [3.8, 4) is 16.3 Å². The normalized spacial score (nSPS) is 12.3. The van der Waals surface area contributed by atoms with Crippen molar-refractivity contribution in [2.75, 3.05) is 7.11 Å². The molecular weight excluding hydrogens is 302 g/mol. The second-order valence-electron chi connectivity index (χ2n) is 4.55. The van der Waals surface area contributed by atoms with Crippen LogP contribution in [0.2, 0.25) is 0 Å². The van der Waals surface area contributed by atoms with Gasteiger partial charge in [-0.05, 0) is 19.1 Å². The minimum Gasteiger partial charge on any atom is -0.483 e. The van der Waals surface area contributed by atoms with E-state index in [-0.39, 0.29) is 12.7 Å². The smallest absolute Gasteiger partial charge is 0.264 e. The Morgan fingerprint density at radius 2 is 2.18 bits per heavy atom. The molecule has 0 aliphatic heterocycles. The lowest BCUT2D eigenvalue weighted by Crippen LogP contribution is -2.00. The second kappa shape index (κ2) is 6.67. The molecule has 0 amide bonds. The summed E-state index contributed by atoms with van der Waals surface area (Å²) in [6, 6.07) is 7.74. The van der Waals surface area contributed by atoms with Gasteiger partial charge in [-0.25, -0.2) is 4.98 Å². The Bertz CT molecular complexity index is 727. The zero-order chi connectivity index (χ0) is 15.4. The molecule has 0 saturated heterocycles. The lowest BCUT2D eigenvalue weighted by molar-refractivity contribution is 0.109. The number of ether oxygens (including phenoxy) is 2. The molecule has 1 atom stereocenters. The minimum atomic E-state index is -0.208. The molecule has 0 bridgehead atoms. The molecule has 6 nitrogen and oxygen atoms in total. The van der Waals surface area contributed by atoms with Crippen LogP contribution in [0.5, 0.6) is 5.75 Å². The molecule has 7 heteroatoms. The molecule has 1 aromatic carbocycles. The Balaban J connectivity index is 1.73. The highest BCUT2D eigenvalue weighted by Crippen LogP contribution is 2.31. The fraction of sp³-hybridized carbons (Fsp3) is 0.267. The van der Waals surface area contributed by atoms with E-state index in [0.29, 0.717) is 11.7 Å². The van der Waals surface area contributed by atoms with Crippen molar-refractivity contribution >= 4 is 11.3 Å². The molecule has 2 aromatic heterocycles. The maximum absolute atomic E-state index is 5.80. The average Bonchev–Trinajstić information content (AvgIpc) is 3.24. The highest BCUT2D eigenvalue weighted by molar-refractivity contribution is 7.13. The van der Waals surface area contributed by atoms with Crippen LogP contribution in [0.4, 0.5) is 0 Å². The third-order valence-electron chi connectivity index (χ3n) is 3.10. The molecule has 0 fully saturated rings. The number of nitrogens with zero attached hydrogens (tertiary/aromatic N) is 3. The van der Waals surface area contributed by atoms with E-state index in [0.717, 1.165) is 16.3 Å². The molecule has 0 unspecified atom stereocenters. The first-order valence-corrected chi connectivity index (χ1v) is 7.63. The van der Waals surface area contributed by atoms with Gasteiger partial charge in [-0.1, -0.05) is 17.3 Å². The maximum Gasteiger partial charge on any atom is 0.264 e. The Morgan fingerprint density at radius 3 is 2.95 bits per heavy atom. The van der Waals surface area contributed by atoms with Gasteiger partial charge in [-0.15, -0.1) is 11.3 Å². The van der Waals surface area contributed by atoms with Gasteiger partial charge in [0.15, 0.2) is 12.4 Å². The second-order valence-corrected chi connectivity index (χ2v) is 5.44. The van der Waals surface area contributed by atoms with E-state index in [9.17, 15) is 0 Å². The number of aromatic nitrogens is 3. The van der Waals surface area contributed by atoms with Crippen molar-refractivity contribution in [2.45, 2.75) is 19.6 Å². The van der Waals surface area contributed by atoms with E-state index in [1.807, 2.05) is 36.6 Å². The molecule has 0 N–H and O–H groups in total. The van der Waals surface area contributed by atoms with E-state index < -0.39 is 0 Å². The van der Waals surface area contributed by atoms with Gasteiger partial charge in [0, 0.05) is 18.7 Å². The Labute approximate surface area is 131 Å². The molecule has 0 spiro atoms. The van der Waals surface area contributed by atoms with Gasteiger partial charge in [0.1, 0.15) is 16.9 Å². The van der Waals surface area contributed by atoms with E-state index in [1.165, 1.54) is 0 Å². The lowest BCUT2D eigenvalue weighted by atomic mass is 10.2. The van der Waals surface area contributed by atoms with Gasteiger partial charge in [0.2, 0.25) is 0 Å². The fourth-order valence-electron chi connectivity index (χ4n) is 1.86. The molecule has 2 heterocycles. The predicted octanol–water partition coefficient (Wildman–Crippen LogP) is 3.48. The van der Waals surface area contributed by atoms with Crippen LogP contribution in [0.3, 0.4) is 0 Å². The fourth-order valence-corrected chi connectivity index (χ4v) is 2.53. The summed E-state index contributed by atoms with van der Waals surface area (Å²) < 4.78 is 16.1. The Hall–Kier alpha value is -2.25. The van der Waals surface area contributed by atoms with Gasteiger partial charge < -0.3 is 14.0 Å². The SMILES string of the molecule is CO[C@@H](C)c1noc(COc2ccccc2-c2nccs2)n1. The van der Waals surface area contributed by atoms with Gasteiger partial charge in [-0.2, -0.15) is 4.98 Å². The van der Waals surface area contributed by atoms with Crippen LogP contribution in [0.15, 0.2) is 40.4 Å². The summed E-state index contributed by atoms with van der Waals surface area (Å²) in [4.78, 5) is 8.56. The van der Waals surface area contributed by atoms with E-state index in [2.05, 4.69) is 15.1 Å². The van der Waals surface area contributed by atoms with Crippen molar-refractivity contribution < 1.29 is 14.0 Å². The van der Waals surface area contributed by atoms with Gasteiger partial charge in [0.25, 0.3) is 5.89 Å².